The molecule has 0 saturated heterocycles. The van der Waals surface area contributed by atoms with Crippen molar-refractivity contribution in [2.24, 2.45) is 39.4 Å². The zero-order chi connectivity index (χ0) is 35.0. The second kappa shape index (κ2) is 9.98. The summed E-state index contributed by atoms with van der Waals surface area (Å²) < 4.78 is 13.3. The Balaban J connectivity index is 1.99. The van der Waals surface area contributed by atoms with E-state index in [4.69, 9.17) is 9.47 Å². The van der Waals surface area contributed by atoms with Gasteiger partial charge in [-0.25, -0.2) is 0 Å². The monoisotopic (exact) mass is 632 g/mol. The number of fused-ring (bicyclic) bond motifs is 3. The van der Waals surface area contributed by atoms with E-state index in [1.54, 1.807) is 69.2 Å². The van der Waals surface area contributed by atoms with Crippen molar-refractivity contribution in [3.05, 3.63) is 39.4 Å². The van der Waals surface area contributed by atoms with Gasteiger partial charge in [0, 0.05) is 40.0 Å². The molecule has 1 aromatic carbocycles. The second-order valence-electron chi connectivity index (χ2n) is 16.7. The molecular formula is C38H48O8. The number of aromatic hydroxyl groups is 1. The molecule has 5 rings (SSSR count). The normalized spacial score (nSPS) is 25.7. The van der Waals surface area contributed by atoms with Gasteiger partial charge in [0.15, 0.2) is 28.9 Å². The van der Waals surface area contributed by atoms with Crippen molar-refractivity contribution in [3.63, 3.8) is 0 Å². The summed E-state index contributed by atoms with van der Waals surface area (Å²) in [6.45, 7) is 24.6. The molecule has 2 aliphatic carbocycles. The highest BCUT2D eigenvalue weighted by Gasteiger charge is 2.61. The van der Waals surface area contributed by atoms with Crippen molar-refractivity contribution in [2.75, 3.05) is 0 Å². The number of carbonyl (C=O) groups excluding carboxylic acids is 5. The maximum absolute atomic E-state index is 14.3. The molecule has 248 valence electrons. The van der Waals surface area contributed by atoms with Gasteiger partial charge in [0.2, 0.25) is 0 Å². The quantitative estimate of drug-likeness (QED) is 0.269. The third-order valence-electron chi connectivity index (χ3n) is 10.7. The molecule has 0 unspecified atom stereocenters. The molecule has 0 amide bonds. The Morgan fingerprint density at radius 1 is 0.609 bits per heavy atom. The number of Topliss-reactive ketones (excluding diaryl/α,β-unsaturated/α-hetero) is 5. The summed E-state index contributed by atoms with van der Waals surface area (Å²) in [5.41, 5.74) is -3.79. The average molecular weight is 633 g/mol. The van der Waals surface area contributed by atoms with E-state index >= 15 is 0 Å². The predicted molar refractivity (Wildman–Crippen MR) is 173 cm³/mol. The molecule has 8 heteroatoms. The van der Waals surface area contributed by atoms with E-state index < -0.39 is 39.4 Å². The Morgan fingerprint density at radius 3 is 1.35 bits per heavy atom. The van der Waals surface area contributed by atoms with E-state index in [1.807, 2.05) is 27.7 Å². The standard InChI is InChI=1S/C38H48O8/c1-15(2)18-20-26(40)24(25(39)17(5)6)28-21(27(20)45-31-22(18)29(41)35(7,8)33(43)37(31,11)12)19(16(3)4)23-30(42)36(9,10)34(44)38(13,14)32(23)46-28/h15-19,40H,1-14H3/t18-,19+/m0/s1. The van der Waals surface area contributed by atoms with Crippen molar-refractivity contribution < 1.29 is 38.6 Å². The van der Waals surface area contributed by atoms with Crippen LogP contribution in [-0.4, -0.2) is 34.0 Å². The summed E-state index contributed by atoms with van der Waals surface area (Å²) in [4.78, 5) is 70.2. The number of ether oxygens (including phenoxy) is 2. The molecule has 0 spiro atoms. The molecule has 0 saturated carbocycles. The molecule has 0 fully saturated rings. The zero-order valence-electron chi connectivity index (χ0n) is 29.7. The van der Waals surface area contributed by atoms with Crippen molar-refractivity contribution in [2.45, 2.75) is 109 Å². The van der Waals surface area contributed by atoms with Gasteiger partial charge in [-0.15, -0.1) is 0 Å². The van der Waals surface area contributed by atoms with Crippen LogP contribution in [0.2, 0.25) is 0 Å². The van der Waals surface area contributed by atoms with Gasteiger partial charge < -0.3 is 14.6 Å². The van der Waals surface area contributed by atoms with Crippen LogP contribution in [0.25, 0.3) is 0 Å². The Bertz CT molecular complexity index is 1720. The van der Waals surface area contributed by atoms with Gasteiger partial charge in [0.25, 0.3) is 0 Å². The molecule has 4 aliphatic rings. The first-order chi connectivity index (χ1) is 20.9. The minimum atomic E-state index is -1.34. The number of benzene rings is 1. The molecule has 2 aliphatic heterocycles. The van der Waals surface area contributed by atoms with E-state index in [9.17, 15) is 29.1 Å². The van der Waals surface area contributed by atoms with Crippen LogP contribution in [0.5, 0.6) is 17.2 Å². The van der Waals surface area contributed by atoms with E-state index in [1.165, 1.54) is 0 Å². The number of hydrogen-bond donors (Lipinski definition) is 1. The molecule has 8 nitrogen and oxygen atoms in total. The first-order valence-electron chi connectivity index (χ1n) is 16.4. The van der Waals surface area contributed by atoms with Crippen molar-refractivity contribution in [3.8, 4) is 17.2 Å². The van der Waals surface area contributed by atoms with Crippen molar-refractivity contribution >= 4 is 28.9 Å². The van der Waals surface area contributed by atoms with E-state index in [2.05, 4.69) is 0 Å². The smallest absolute Gasteiger partial charge is 0.175 e. The van der Waals surface area contributed by atoms with Gasteiger partial charge >= 0.3 is 0 Å². The van der Waals surface area contributed by atoms with Crippen LogP contribution in [0.4, 0.5) is 0 Å². The average Bonchev–Trinajstić information content (AvgIpc) is 2.95. The van der Waals surface area contributed by atoms with Gasteiger partial charge in [-0.1, -0.05) is 41.5 Å². The van der Waals surface area contributed by atoms with Crippen molar-refractivity contribution in [1.82, 2.24) is 0 Å². The van der Waals surface area contributed by atoms with Gasteiger partial charge in [-0.2, -0.15) is 0 Å². The molecule has 0 bridgehead atoms. The van der Waals surface area contributed by atoms with Gasteiger partial charge in [-0.3, -0.25) is 24.0 Å². The first-order valence-corrected chi connectivity index (χ1v) is 16.4. The van der Waals surface area contributed by atoms with Gasteiger partial charge in [0.1, 0.15) is 34.3 Å². The Hall–Kier alpha value is -3.55. The van der Waals surface area contributed by atoms with Crippen LogP contribution in [0.3, 0.4) is 0 Å². The van der Waals surface area contributed by atoms with Crippen LogP contribution >= 0.6 is 0 Å². The lowest BCUT2D eigenvalue weighted by Crippen LogP contribution is -2.53. The highest BCUT2D eigenvalue weighted by molar-refractivity contribution is 6.21. The van der Waals surface area contributed by atoms with Crippen LogP contribution in [-0.2, 0) is 19.2 Å². The Kier molecular flexibility index (Phi) is 7.33. The fourth-order valence-electron chi connectivity index (χ4n) is 8.32. The lowest BCUT2D eigenvalue weighted by atomic mass is 9.57. The minimum Gasteiger partial charge on any atom is -0.507 e. The number of rotatable bonds is 4. The molecular weight excluding hydrogens is 584 g/mol. The van der Waals surface area contributed by atoms with Crippen LogP contribution in [0, 0.1) is 39.4 Å². The van der Waals surface area contributed by atoms with E-state index in [0.717, 1.165) is 0 Å². The van der Waals surface area contributed by atoms with Gasteiger partial charge in [-0.05, 0) is 67.2 Å². The third kappa shape index (κ3) is 4.06. The maximum Gasteiger partial charge on any atom is 0.175 e. The maximum atomic E-state index is 14.3. The molecule has 1 N–H and O–H groups in total. The topological polar surface area (TPSA) is 124 Å². The number of phenolic OH excluding ortho intramolecular Hbond substituents is 1. The van der Waals surface area contributed by atoms with Crippen LogP contribution in [0.15, 0.2) is 22.7 Å². The first kappa shape index (κ1) is 33.8. The Morgan fingerprint density at radius 2 is 0.978 bits per heavy atom. The summed E-state index contributed by atoms with van der Waals surface area (Å²) in [6, 6.07) is 0. The molecule has 46 heavy (non-hydrogen) atoms. The third-order valence-corrected chi connectivity index (χ3v) is 10.7. The number of ketones is 5. The molecule has 2 atom stereocenters. The van der Waals surface area contributed by atoms with Gasteiger partial charge in [0.05, 0.1) is 21.7 Å². The highest BCUT2D eigenvalue weighted by atomic mass is 16.5. The fraction of sp³-hybridized carbons (Fsp3) is 0.605. The Labute approximate surface area is 272 Å². The second-order valence-corrected chi connectivity index (χ2v) is 16.7. The fourth-order valence-corrected chi connectivity index (χ4v) is 8.32. The number of allylic oxidation sites excluding steroid dienone is 4. The summed E-state index contributed by atoms with van der Waals surface area (Å²) >= 11 is 0. The van der Waals surface area contributed by atoms with E-state index in [0.29, 0.717) is 16.7 Å². The minimum absolute atomic E-state index is 0.0546. The lowest BCUT2D eigenvalue weighted by molar-refractivity contribution is -0.146. The van der Waals surface area contributed by atoms with Crippen LogP contribution < -0.4 is 9.47 Å². The largest absolute Gasteiger partial charge is 0.507 e. The molecule has 0 radical (unpaired) electrons. The highest BCUT2D eigenvalue weighted by Crippen LogP contribution is 2.64. The number of carbonyl (C=O) groups is 5. The molecule has 1 aromatic rings. The summed E-state index contributed by atoms with van der Waals surface area (Å²) in [5, 5.41) is 12.2. The summed E-state index contributed by atoms with van der Waals surface area (Å²) in [5.74, 6) is -3.89. The predicted octanol–water partition coefficient (Wildman–Crippen LogP) is 7.41. The summed E-state index contributed by atoms with van der Waals surface area (Å²) in [6.07, 6.45) is 0. The molecule has 0 aromatic heterocycles. The SMILES string of the molecule is CC(C)C(=O)c1c(O)c2c(c3c1OC1=C(C(=O)C(C)(C)C(=O)C1(C)C)[C@@H]3C(C)C)OC1=C(C(=O)C(C)(C)C(=O)C1(C)C)[C@H]2C(C)C. The zero-order valence-corrected chi connectivity index (χ0v) is 29.7. The molecule has 2 heterocycles. The number of phenols is 1. The lowest BCUT2D eigenvalue weighted by Gasteiger charge is -2.49. The summed E-state index contributed by atoms with van der Waals surface area (Å²) in [7, 11) is 0. The van der Waals surface area contributed by atoms with Crippen LogP contribution in [0.1, 0.15) is 130 Å². The van der Waals surface area contributed by atoms with E-state index in [-0.39, 0.29) is 80.6 Å². The van der Waals surface area contributed by atoms with Crippen molar-refractivity contribution in [1.29, 1.82) is 0 Å². The number of hydrogen-bond acceptors (Lipinski definition) is 8.